The number of hydrogen-bond donors (Lipinski definition) is 1. The summed E-state index contributed by atoms with van der Waals surface area (Å²) in [6.45, 7) is 4.50. The van der Waals surface area contributed by atoms with E-state index in [1.54, 1.807) is 5.56 Å². The summed E-state index contributed by atoms with van der Waals surface area (Å²) in [6, 6.07) is 0. The fourth-order valence-corrected chi connectivity index (χ4v) is 2.41. The predicted octanol–water partition coefficient (Wildman–Crippen LogP) is 2.44. The van der Waals surface area contributed by atoms with Gasteiger partial charge in [-0.15, -0.1) is 0 Å². The fraction of sp³-hybridized carbons (Fsp3) is 0.467. The SMILES string of the molecule is CCCc1[nH]c2c(c1CCC)=CC=CCC=2. The minimum Gasteiger partial charge on any atom is -0.358 e. The maximum atomic E-state index is 3.60. The summed E-state index contributed by atoms with van der Waals surface area (Å²) in [5, 5.41) is 2.76. The van der Waals surface area contributed by atoms with E-state index < -0.39 is 0 Å². The van der Waals surface area contributed by atoms with E-state index in [1.165, 1.54) is 41.9 Å². The van der Waals surface area contributed by atoms with Crippen LogP contribution in [0.3, 0.4) is 0 Å². The van der Waals surface area contributed by atoms with Crippen LogP contribution in [0.25, 0.3) is 12.2 Å². The first-order valence-electron chi connectivity index (χ1n) is 6.43. The Bertz CT molecular complexity index is 488. The predicted molar refractivity (Wildman–Crippen MR) is 70.7 cm³/mol. The Morgan fingerprint density at radius 1 is 1.19 bits per heavy atom. The van der Waals surface area contributed by atoms with Crippen LogP contribution in [-0.4, -0.2) is 4.98 Å². The summed E-state index contributed by atoms with van der Waals surface area (Å²) in [7, 11) is 0. The standard InChI is InChI=1S/C15H21N/c1-3-8-12-13-10-6-5-7-11-15(13)16-14(12)9-4-2/h5-6,10-11,16H,3-4,7-9H2,1-2H3. The molecule has 86 valence electrons. The van der Waals surface area contributed by atoms with Gasteiger partial charge in [0.1, 0.15) is 0 Å². The minimum absolute atomic E-state index is 1.04. The van der Waals surface area contributed by atoms with Crippen LogP contribution in [0.4, 0.5) is 0 Å². The van der Waals surface area contributed by atoms with E-state index in [9.17, 15) is 0 Å². The molecule has 0 radical (unpaired) electrons. The Balaban J connectivity index is 2.57. The number of H-pyrrole nitrogens is 1. The first-order valence-corrected chi connectivity index (χ1v) is 6.43. The van der Waals surface area contributed by atoms with Crippen molar-refractivity contribution >= 4 is 12.2 Å². The van der Waals surface area contributed by atoms with E-state index in [-0.39, 0.29) is 0 Å². The van der Waals surface area contributed by atoms with Crippen LogP contribution >= 0.6 is 0 Å². The van der Waals surface area contributed by atoms with E-state index in [4.69, 9.17) is 0 Å². The lowest BCUT2D eigenvalue weighted by atomic mass is 10.1. The molecule has 0 bridgehead atoms. The van der Waals surface area contributed by atoms with Gasteiger partial charge in [-0.25, -0.2) is 0 Å². The molecule has 0 saturated heterocycles. The molecule has 0 fully saturated rings. The maximum absolute atomic E-state index is 3.60. The van der Waals surface area contributed by atoms with Crippen molar-refractivity contribution in [2.24, 2.45) is 0 Å². The van der Waals surface area contributed by atoms with Gasteiger partial charge < -0.3 is 4.98 Å². The molecule has 0 aliphatic heterocycles. The molecule has 1 aromatic heterocycles. The van der Waals surface area contributed by atoms with E-state index in [2.05, 4.69) is 43.1 Å². The third-order valence-corrected chi connectivity index (χ3v) is 3.12. The molecule has 1 N–H and O–H groups in total. The molecule has 1 aliphatic rings. The number of aryl methyl sites for hydroxylation is 1. The zero-order valence-electron chi connectivity index (χ0n) is 10.3. The highest BCUT2D eigenvalue weighted by molar-refractivity contribution is 5.47. The van der Waals surface area contributed by atoms with Crippen molar-refractivity contribution in [3.63, 3.8) is 0 Å². The van der Waals surface area contributed by atoms with Gasteiger partial charge >= 0.3 is 0 Å². The van der Waals surface area contributed by atoms with E-state index in [0.29, 0.717) is 0 Å². The fourth-order valence-electron chi connectivity index (χ4n) is 2.41. The van der Waals surface area contributed by atoms with Gasteiger partial charge in [-0.1, -0.05) is 51.0 Å². The summed E-state index contributed by atoms with van der Waals surface area (Å²) >= 11 is 0. The Morgan fingerprint density at radius 3 is 2.75 bits per heavy atom. The summed E-state index contributed by atoms with van der Waals surface area (Å²) in [5.41, 5.74) is 3.00. The molecular formula is C15H21N. The van der Waals surface area contributed by atoms with Crippen LogP contribution in [0, 0.1) is 0 Å². The van der Waals surface area contributed by atoms with Crippen molar-refractivity contribution < 1.29 is 0 Å². The molecule has 1 heteroatoms. The average molecular weight is 215 g/mol. The topological polar surface area (TPSA) is 15.8 Å². The number of aromatic amines is 1. The largest absolute Gasteiger partial charge is 0.358 e. The zero-order valence-corrected chi connectivity index (χ0v) is 10.3. The highest BCUT2D eigenvalue weighted by Gasteiger charge is 2.07. The molecule has 0 aromatic carbocycles. The lowest BCUT2D eigenvalue weighted by Crippen LogP contribution is -2.24. The average Bonchev–Trinajstić information content (AvgIpc) is 2.49. The van der Waals surface area contributed by atoms with Gasteiger partial charge in [0.2, 0.25) is 0 Å². The van der Waals surface area contributed by atoms with E-state index in [1.807, 2.05) is 0 Å². The second-order valence-electron chi connectivity index (χ2n) is 4.44. The van der Waals surface area contributed by atoms with Crippen LogP contribution in [0.15, 0.2) is 12.2 Å². The van der Waals surface area contributed by atoms with Gasteiger partial charge in [0, 0.05) is 16.3 Å². The second kappa shape index (κ2) is 5.20. The van der Waals surface area contributed by atoms with Crippen LogP contribution in [-0.2, 0) is 12.8 Å². The second-order valence-corrected chi connectivity index (χ2v) is 4.44. The van der Waals surface area contributed by atoms with Crippen LogP contribution in [0.5, 0.6) is 0 Å². The van der Waals surface area contributed by atoms with Gasteiger partial charge in [0.05, 0.1) is 0 Å². The van der Waals surface area contributed by atoms with E-state index >= 15 is 0 Å². The number of allylic oxidation sites excluding steroid dienone is 2. The summed E-state index contributed by atoms with van der Waals surface area (Å²) in [5.74, 6) is 0. The molecule has 1 heterocycles. The molecular weight excluding hydrogens is 194 g/mol. The maximum Gasteiger partial charge on any atom is 0.0421 e. The Kier molecular flexibility index (Phi) is 3.66. The number of aromatic nitrogens is 1. The van der Waals surface area contributed by atoms with Crippen LogP contribution < -0.4 is 10.6 Å². The smallest absolute Gasteiger partial charge is 0.0421 e. The summed E-state index contributed by atoms with van der Waals surface area (Å²) in [6.07, 6.45) is 14.8. The zero-order chi connectivity index (χ0) is 11.4. The van der Waals surface area contributed by atoms with Crippen molar-refractivity contribution in [2.45, 2.75) is 46.0 Å². The molecule has 16 heavy (non-hydrogen) atoms. The van der Waals surface area contributed by atoms with Crippen molar-refractivity contribution in [1.29, 1.82) is 0 Å². The molecule has 0 saturated carbocycles. The van der Waals surface area contributed by atoms with Crippen molar-refractivity contribution in [3.8, 4) is 0 Å². The number of nitrogens with one attached hydrogen (secondary N) is 1. The number of fused-ring (bicyclic) bond motifs is 1. The third-order valence-electron chi connectivity index (χ3n) is 3.12. The third kappa shape index (κ3) is 2.13. The Hall–Kier alpha value is -1.24. The molecule has 0 unspecified atom stereocenters. The first-order chi connectivity index (χ1) is 7.86. The normalized spacial score (nSPS) is 13.9. The highest BCUT2D eigenvalue weighted by atomic mass is 14.7. The van der Waals surface area contributed by atoms with Gasteiger partial charge in [0.25, 0.3) is 0 Å². The quantitative estimate of drug-likeness (QED) is 0.794. The van der Waals surface area contributed by atoms with Crippen molar-refractivity contribution in [1.82, 2.24) is 4.98 Å². The van der Waals surface area contributed by atoms with Gasteiger partial charge in [-0.3, -0.25) is 0 Å². The minimum atomic E-state index is 1.04. The van der Waals surface area contributed by atoms with Gasteiger partial charge in [0.15, 0.2) is 0 Å². The molecule has 1 nitrogen and oxygen atoms in total. The molecule has 1 aliphatic carbocycles. The molecule has 0 atom stereocenters. The molecule has 0 amide bonds. The van der Waals surface area contributed by atoms with Crippen molar-refractivity contribution in [3.05, 3.63) is 34.0 Å². The number of rotatable bonds is 4. The first kappa shape index (κ1) is 11.3. The van der Waals surface area contributed by atoms with Gasteiger partial charge in [-0.2, -0.15) is 0 Å². The Morgan fingerprint density at radius 2 is 2.00 bits per heavy atom. The molecule has 1 aromatic rings. The molecule has 2 rings (SSSR count). The van der Waals surface area contributed by atoms with Crippen LogP contribution in [0.1, 0.15) is 44.4 Å². The van der Waals surface area contributed by atoms with E-state index in [0.717, 1.165) is 6.42 Å². The lowest BCUT2D eigenvalue weighted by Gasteiger charge is -2.00. The van der Waals surface area contributed by atoms with Crippen molar-refractivity contribution in [2.75, 3.05) is 0 Å². The molecule has 0 spiro atoms. The summed E-state index contributed by atoms with van der Waals surface area (Å²) < 4.78 is 0. The summed E-state index contributed by atoms with van der Waals surface area (Å²) in [4.78, 5) is 3.60. The van der Waals surface area contributed by atoms with Crippen LogP contribution in [0.2, 0.25) is 0 Å². The monoisotopic (exact) mass is 215 g/mol. The number of hydrogen-bond acceptors (Lipinski definition) is 0. The highest BCUT2D eigenvalue weighted by Crippen LogP contribution is 2.06. The Labute approximate surface area is 97.6 Å². The van der Waals surface area contributed by atoms with Gasteiger partial charge in [-0.05, 0) is 24.8 Å². The lowest BCUT2D eigenvalue weighted by molar-refractivity contribution is 0.842.